The van der Waals surface area contributed by atoms with Crippen molar-refractivity contribution in [1.82, 2.24) is 14.8 Å². The van der Waals surface area contributed by atoms with Crippen LogP contribution >= 0.6 is 0 Å². The van der Waals surface area contributed by atoms with Gasteiger partial charge >= 0.3 is 6.03 Å². The van der Waals surface area contributed by atoms with Crippen molar-refractivity contribution in [2.75, 3.05) is 5.73 Å². The molecule has 0 unspecified atom stereocenters. The first kappa shape index (κ1) is 5.54. The van der Waals surface area contributed by atoms with Gasteiger partial charge in [0.25, 0.3) is 0 Å². The lowest BCUT2D eigenvalue weighted by Gasteiger charge is -1.85. The summed E-state index contributed by atoms with van der Waals surface area (Å²) < 4.78 is 0.856. The minimum absolute atomic E-state index is 0.0359. The minimum Gasteiger partial charge on any atom is -0.366 e. The molecule has 1 aromatic rings. The van der Waals surface area contributed by atoms with E-state index in [1.807, 2.05) is 0 Å². The van der Waals surface area contributed by atoms with Gasteiger partial charge in [0.15, 0.2) is 0 Å². The van der Waals surface area contributed by atoms with Gasteiger partial charge in [0.05, 0.1) is 0 Å². The summed E-state index contributed by atoms with van der Waals surface area (Å²) in [7, 11) is 0. The van der Waals surface area contributed by atoms with Gasteiger partial charge in [-0.15, -0.1) is 5.10 Å². The zero-order valence-corrected chi connectivity index (χ0v) is 4.48. The Bertz CT molecular complexity index is 228. The molecule has 6 heteroatoms. The number of carbonyl (C=O) groups excluding carboxylic acids is 1. The van der Waals surface area contributed by atoms with Crippen molar-refractivity contribution in [3.05, 3.63) is 6.33 Å². The summed E-state index contributed by atoms with van der Waals surface area (Å²) >= 11 is 0. The molecular formula is C3H5N5O. The average molecular weight is 127 g/mol. The summed E-state index contributed by atoms with van der Waals surface area (Å²) in [6, 6.07) is -0.695. The number of nitrogens with two attached hydrogens (primary N) is 2. The molecule has 0 bridgehead atoms. The molecule has 0 fully saturated rings. The van der Waals surface area contributed by atoms with E-state index in [-0.39, 0.29) is 5.95 Å². The maximum Gasteiger partial charge on any atom is 0.341 e. The molecule has 4 N–H and O–H groups in total. The van der Waals surface area contributed by atoms with Gasteiger partial charge < -0.3 is 11.5 Å². The standard InChI is InChI=1S/C3H5N5O/c4-2-6-1-8(7-2)3(5)9/h1H,(H2,4,7)(H2,5,9). The smallest absolute Gasteiger partial charge is 0.341 e. The minimum atomic E-state index is -0.695. The van der Waals surface area contributed by atoms with Crippen LogP contribution in [0.15, 0.2) is 6.33 Å². The fourth-order valence-corrected chi connectivity index (χ4v) is 0.382. The number of rotatable bonds is 0. The first-order valence-electron chi connectivity index (χ1n) is 2.17. The van der Waals surface area contributed by atoms with Crippen LogP contribution in [-0.4, -0.2) is 20.8 Å². The normalized spacial score (nSPS) is 9.33. The van der Waals surface area contributed by atoms with Gasteiger partial charge in [-0.1, -0.05) is 0 Å². The van der Waals surface area contributed by atoms with Gasteiger partial charge in [0.1, 0.15) is 6.33 Å². The van der Waals surface area contributed by atoms with E-state index < -0.39 is 6.03 Å². The molecule has 1 amide bonds. The zero-order chi connectivity index (χ0) is 6.85. The number of carbonyl (C=O) groups is 1. The van der Waals surface area contributed by atoms with E-state index in [1.165, 1.54) is 0 Å². The Morgan fingerprint density at radius 1 is 1.78 bits per heavy atom. The predicted molar refractivity (Wildman–Crippen MR) is 29.4 cm³/mol. The molecule has 1 rings (SSSR count). The Kier molecular flexibility index (Phi) is 1.07. The van der Waals surface area contributed by atoms with Gasteiger partial charge in [-0.3, -0.25) is 0 Å². The van der Waals surface area contributed by atoms with Gasteiger partial charge in [-0.25, -0.2) is 9.78 Å². The largest absolute Gasteiger partial charge is 0.366 e. The molecular weight excluding hydrogens is 122 g/mol. The Balaban J connectivity index is 2.98. The molecule has 48 valence electrons. The maximum atomic E-state index is 10.2. The van der Waals surface area contributed by atoms with E-state index in [9.17, 15) is 4.79 Å². The third-order valence-electron chi connectivity index (χ3n) is 0.735. The van der Waals surface area contributed by atoms with E-state index in [2.05, 4.69) is 10.1 Å². The Hall–Kier alpha value is -1.59. The summed E-state index contributed by atoms with van der Waals surface area (Å²) in [5.74, 6) is 0.0359. The van der Waals surface area contributed by atoms with Gasteiger partial charge in [0, 0.05) is 0 Å². The van der Waals surface area contributed by atoms with Gasteiger partial charge in [-0.2, -0.15) is 4.68 Å². The fraction of sp³-hybridized carbons (Fsp3) is 0. The molecule has 0 aliphatic carbocycles. The average Bonchev–Trinajstić information content (AvgIpc) is 2.14. The van der Waals surface area contributed by atoms with Crippen LogP contribution < -0.4 is 11.5 Å². The van der Waals surface area contributed by atoms with Crippen LogP contribution in [0.4, 0.5) is 10.7 Å². The SMILES string of the molecule is NC(=O)n1cnc(N)n1. The molecule has 0 aliphatic rings. The lowest BCUT2D eigenvalue weighted by Crippen LogP contribution is -2.19. The Morgan fingerprint density at radius 3 is 2.67 bits per heavy atom. The van der Waals surface area contributed by atoms with Crippen molar-refractivity contribution in [1.29, 1.82) is 0 Å². The number of aromatic nitrogens is 3. The molecule has 6 nitrogen and oxygen atoms in total. The van der Waals surface area contributed by atoms with Crippen molar-refractivity contribution in [3.63, 3.8) is 0 Å². The van der Waals surface area contributed by atoms with Crippen molar-refractivity contribution < 1.29 is 4.79 Å². The molecule has 1 heterocycles. The molecule has 0 atom stereocenters. The molecule has 0 spiro atoms. The highest BCUT2D eigenvalue weighted by Crippen LogP contribution is 1.85. The first-order valence-corrected chi connectivity index (χ1v) is 2.17. The summed E-state index contributed by atoms with van der Waals surface area (Å²) in [6.45, 7) is 0. The van der Waals surface area contributed by atoms with Gasteiger partial charge in [-0.05, 0) is 0 Å². The summed E-state index contributed by atoms with van der Waals surface area (Å²) in [4.78, 5) is 13.7. The molecule has 0 radical (unpaired) electrons. The van der Waals surface area contributed by atoms with E-state index in [4.69, 9.17) is 11.5 Å². The third kappa shape index (κ3) is 0.958. The second-order valence-corrected chi connectivity index (χ2v) is 1.39. The van der Waals surface area contributed by atoms with E-state index >= 15 is 0 Å². The molecule has 0 saturated carbocycles. The monoisotopic (exact) mass is 127 g/mol. The van der Waals surface area contributed by atoms with E-state index in [0.717, 1.165) is 11.0 Å². The van der Waals surface area contributed by atoms with Crippen molar-refractivity contribution >= 4 is 12.0 Å². The molecule has 0 aliphatic heterocycles. The van der Waals surface area contributed by atoms with Crippen LogP contribution in [0.25, 0.3) is 0 Å². The molecule has 0 saturated heterocycles. The second-order valence-electron chi connectivity index (χ2n) is 1.39. The zero-order valence-electron chi connectivity index (χ0n) is 4.48. The predicted octanol–water partition coefficient (Wildman–Crippen LogP) is -1.21. The number of amides is 1. The van der Waals surface area contributed by atoms with E-state index in [1.54, 1.807) is 0 Å². The summed E-state index contributed by atoms with van der Waals surface area (Å²) in [6.07, 6.45) is 1.15. The highest BCUT2D eigenvalue weighted by Gasteiger charge is 1.98. The maximum absolute atomic E-state index is 10.2. The number of primary amides is 1. The van der Waals surface area contributed by atoms with Crippen LogP contribution in [0.5, 0.6) is 0 Å². The number of anilines is 1. The van der Waals surface area contributed by atoms with Crippen molar-refractivity contribution in [3.8, 4) is 0 Å². The van der Waals surface area contributed by atoms with Gasteiger partial charge in [0.2, 0.25) is 5.95 Å². The summed E-state index contributed by atoms with van der Waals surface area (Å²) in [5.41, 5.74) is 9.86. The Labute approximate surface area is 50.5 Å². The lowest BCUT2D eigenvalue weighted by atomic mass is 11.0. The van der Waals surface area contributed by atoms with Crippen LogP contribution in [-0.2, 0) is 0 Å². The highest BCUT2D eigenvalue weighted by atomic mass is 16.2. The van der Waals surface area contributed by atoms with E-state index in [0.29, 0.717) is 0 Å². The third-order valence-corrected chi connectivity index (χ3v) is 0.735. The first-order chi connectivity index (χ1) is 4.20. The molecule has 9 heavy (non-hydrogen) atoms. The molecule has 0 aromatic carbocycles. The van der Waals surface area contributed by atoms with Crippen molar-refractivity contribution in [2.45, 2.75) is 0 Å². The number of nitrogens with zero attached hydrogens (tertiary/aromatic N) is 3. The number of hydrogen-bond donors (Lipinski definition) is 2. The topological polar surface area (TPSA) is 99.8 Å². The van der Waals surface area contributed by atoms with Crippen LogP contribution in [0.2, 0.25) is 0 Å². The van der Waals surface area contributed by atoms with Crippen LogP contribution in [0.1, 0.15) is 0 Å². The Morgan fingerprint density at radius 2 is 2.44 bits per heavy atom. The second kappa shape index (κ2) is 1.73. The van der Waals surface area contributed by atoms with Crippen LogP contribution in [0, 0.1) is 0 Å². The quantitative estimate of drug-likeness (QED) is 0.456. The molecule has 1 aromatic heterocycles. The number of nitrogen functional groups attached to an aromatic ring is 1. The summed E-state index contributed by atoms with van der Waals surface area (Å²) in [5, 5.41) is 3.42. The lowest BCUT2D eigenvalue weighted by molar-refractivity contribution is 0.247. The van der Waals surface area contributed by atoms with Crippen LogP contribution in [0.3, 0.4) is 0 Å². The number of hydrogen-bond acceptors (Lipinski definition) is 4. The van der Waals surface area contributed by atoms with Crippen molar-refractivity contribution in [2.24, 2.45) is 5.73 Å². The fourth-order valence-electron chi connectivity index (χ4n) is 0.382. The highest BCUT2D eigenvalue weighted by molar-refractivity contribution is 5.73.